The Morgan fingerprint density at radius 3 is 2.71 bits per heavy atom. The van der Waals surface area contributed by atoms with Crippen LogP contribution < -0.4 is 14.9 Å². The number of thiazole rings is 1. The van der Waals surface area contributed by atoms with Crippen LogP contribution in [0, 0.1) is 0 Å². The van der Waals surface area contributed by atoms with Gasteiger partial charge in [-0.15, -0.1) is 0 Å². The van der Waals surface area contributed by atoms with Gasteiger partial charge < -0.3 is 4.74 Å². The summed E-state index contributed by atoms with van der Waals surface area (Å²) < 4.78 is 7.53. The number of nitrogens with zero attached hydrogens (tertiary/aromatic N) is 2. The van der Waals surface area contributed by atoms with Gasteiger partial charge in [-0.3, -0.25) is 9.36 Å². The van der Waals surface area contributed by atoms with Gasteiger partial charge in [-0.1, -0.05) is 77.5 Å². The Bertz CT molecular complexity index is 1640. The number of esters is 1. The molecule has 0 saturated heterocycles. The van der Waals surface area contributed by atoms with E-state index in [2.05, 4.69) is 4.99 Å². The molecule has 1 atom stereocenters. The Balaban J connectivity index is 1.81. The van der Waals surface area contributed by atoms with Crippen LogP contribution >= 0.6 is 22.9 Å². The Kier molecular flexibility index (Phi) is 5.94. The fraction of sp³-hybridized carbons (Fsp3) is 0.148. The zero-order chi connectivity index (χ0) is 23.8. The van der Waals surface area contributed by atoms with E-state index in [9.17, 15) is 9.59 Å². The molecule has 0 fully saturated rings. The van der Waals surface area contributed by atoms with Crippen molar-refractivity contribution in [2.75, 3.05) is 6.61 Å². The number of fused-ring (bicyclic) bond motifs is 2. The van der Waals surface area contributed by atoms with Crippen LogP contribution in [0.3, 0.4) is 0 Å². The van der Waals surface area contributed by atoms with Crippen LogP contribution in [-0.4, -0.2) is 17.1 Å². The maximum atomic E-state index is 13.7. The SMILES string of the molecule is CCOC(=O)C1=C(C)N=c2s/c(=C\c3cccc(Cl)c3)c(=O)n2[C@H]1c1cccc2ccccc12. The smallest absolute Gasteiger partial charge is 0.338 e. The quantitative estimate of drug-likeness (QED) is 0.394. The predicted octanol–water partition coefficient (Wildman–Crippen LogP) is 4.60. The van der Waals surface area contributed by atoms with Crippen molar-refractivity contribution in [1.29, 1.82) is 0 Å². The van der Waals surface area contributed by atoms with Crippen molar-refractivity contribution in [3.63, 3.8) is 0 Å². The first-order chi connectivity index (χ1) is 16.5. The van der Waals surface area contributed by atoms with Gasteiger partial charge in [0.15, 0.2) is 4.80 Å². The molecule has 5 nitrogen and oxygen atoms in total. The Morgan fingerprint density at radius 1 is 1.15 bits per heavy atom. The number of carbonyl (C=O) groups excluding carboxylic acids is 1. The van der Waals surface area contributed by atoms with Gasteiger partial charge in [0.2, 0.25) is 0 Å². The van der Waals surface area contributed by atoms with E-state index in [1.807, 2.05) is 54.6 Å². The molecule has 0 amide bonds. The minimum absolute atomic E-state index is 0.212. The molecular weight excluding hydrogens is 468 g/mol. The summed E-state index contributed by atoms with van der Waals surface area (Å²) in [6.45, 7) is 3.79. The van der Waals surface area contributed by atoms with Gasteiger partial charge in [-0.05, 0) is 54.0 Å². The van der Waals surface area contributed by atoms with E-state index < -0.39 is 12.0 Å². The summed E-state index contributed by atoms with van der Waals surface area (Å²) in [6.07, 6.45) is 1.80. The van der Waals surface area contributed by atoms with Crippen LogP contribution in [-0.2, 0) is 9.53 Å². The van der Waals surface area contributed by atoms with Crippen molar-refractivity contribution in [3.8, 4) is 0 Å². The lowest BCUT2D eigenvalue weighted by molar-refractivity contribution is -0.139. The van der Waals surface area contributed by atoms with E-state index in [-0.39, 0.29) is 12.2 Å². The van der Waals surface area contributed by atoms with E-state index in [0.29, 0.717) is 25.6 Å². The zero-order valence-electron chi connectivity index (χ0n) is 18.6. The summed E-state index contributed by atoms with van der Waals surface area (Å²) in [5, 5.41) is 2.59. The predicted molar refractivity (Wildman–Crippen MR) is 136 cm³/mol. The summed E-state index contributed by atoms with van der Waals surface area (Å²) in [6, 6.07) is 20.5. The first-order valence-corrected chi connectivity index (χ1v) is 12.1. The van der Waals surface area contributed by atoms with Crippen molar-refractivity contribution in [2.24, 2.45) is 4.99 Å². The molecule has 0 N–H and O–H groups in total. The van der Waals surface area contributed by atoms with Crippen molar-refractivity contribution in [1.82, 2.24) is 4.57 Å². The third-order valence-electron chi connectivity index (χ3n) is 5.78. The van der Waals surface area contributed by atoms with Crippen LogP contribution in [0.5, 0.6) is 0 Å². The first-order valence-electron chi connectivity index (χ1n) is 10.9. The summed E-state index contributed by atoms with van der Waals surface area (Å²) in [5.74, 6) is -0.467. The van der Waals surface area contributed by atoms with Crippen molar-refractivity contribution < 1.29 is 9.53 Å². The molecule has 0 saturated carbocycles. The third kappa shape index (κ3) is 3.89. The monoisotopic (exact) mass is 488 g/mol. The summed E-state index contributed by atoms with van der Waals surface area (Å²) in [4.78, 5) is 32.0. The van der Waals surface area contributed by atoms with Crippen molar-refractivity contribution >= 4 is 45.8 Å². The molecule has 1 aliphatic rings. The molecule has 1 aliphatic heterocycles. The van der Waals surface area contributed by atoms with Crippen molar-refractivity contribution in [2.45, 2.75) is 19.9 Å². The molecule has 5 rings (SSSR count). The summed E-state index contributed by atoms with van der Waals surface area (Å²) in [7, 11) is 0. The Morgan fingerprint density at radius 2 is 1.91 bits per heavy atom. The van der Waals surface area contributed by atoms with Crippen LogP contribution in [0.25, 0.3) is 16.8 Å². The fourth-order valence-corrected chi connectivity index (χ4v) is 5.57. The topological polar surface area (TPSA) is 60.7 Å². The maximum absolute atomic E-state index is 13.7. The molecule has 3 aromatic carbocycles. The van der Waals surface area contributed by atoms with Gasteiger partial charge in [0, 0.05) is 5.02 Å². The third-order valence-corrected chi connectivity index (χ3v) is 7.00. The zero-order valence-corrected chi connectivity index (χ0v) is 20.2. The van der Waals surface area contributed by atoms with E-state index in [0.717, 1.165) is 21.9 Å². The van der Waals surface area contributed by atoms with E-state index in [1.165, 1.54) is 11.3 Å². The molecule has 0 unspecified atom stereocenters. The number of benzene rings is 3. The number of aromatic nitrogens is 1. The molecule has 0 aliphatic carbocycles. The highest BCUT2D eigenvalue weighted by atomic mass is 35.5. The Labute approximate surface area is 204 Å². The van der Waals surface area contributed by atoms with Gasteiger partial charge in [-0.25, -0.2) is 9.79 Å². The Hall–Kier alpha value is -3.48. The van der Waals surface area contributed by atoms with Crippen LogP contribution in [0.15, 0.2) is 87.8 Å². The van der Waals surface area contributed by atoms with E-state index in [1.54, 1.807) is 36.6 Å². The largest absolute Gasteiger partial charge is 0.463 e. The molecule has 0 radical (unpaired) electrons. The maximum Gasteiger partial charge on any atom is 0.338 e. The average Bonchev–Trinajstić information content (AvgIpc) is 3.12. The lowest BCUT2D eigenvalue weighted by atomic mass is 9.91. The minimum atomic E-state index is -0.650. The van der Waals surface area contributed by atoms with Crippen LogP contribution in [0.1, 0.15) is 31.0 Å². The molecule has 170 valence electrons. The number of halogens is 1. The molecule has 1 aromatic heterocycles. The lowest BCUT2D eigenvalue weighted by Gasteiger charge is -2.25. The highest BCUT2D eigenvalue weighted by Crippen LogP contribution is 2.34. The first kappa shape index (κ1) is 22.3. The van der Waals surface area contributed by atoms with Crippen molar-refractivity contribution in [3.05, 3.63) is 114 Å². The highest BCUT2D eigenvalue weighted by molar-refractivity contribution is 7.07. The van der Waals surface area contributed by atoms with Gasteiger partial charge >= 0.3 is 5.97 Å². The number of rotatable bonds is 4. The normalized spacial score (nSPS) is 15.9. The van der Waals surface area contributed by atoms with Gasteiger partial charge in [0.1, 0.15) is 0 Å². The second kappa shape index (κ2) is 9.05. The molecule has 4 aromatic rings. The molecule has 34 heavy (non-hydrogen) atoms. The molecule has 2 heterocycles. The number of allylic oxidation sites excluding steroid dienone is 1. The molecular formula is C27H21ClN2O3S. The van der Waals surface area contributed by atoms with E-state index >= 15 is 0 Å². The number of ether oxygens (including phenoxy) is 1. The second-order valence-electron chi connectivity index (χ2n) is 7.93. The number of hydrogen-bond acceptors (Lipinski definition) is 5. The minimum Gasteiger partial charge on any atom is -0.463 e. The number of carbonyl (C=O) groups is 1. The molecule has 0 spiro atoms. The van der Waals surface area contributed by atoms with Gasteiger partial charge in [0.05, 0.1) is 28.5 Å². The average molecular weight is 489 g/mol. The standard InChI is InChI=1S/C27H21ClN2O3S/c1-3-33-26(32)23-16(2)29-27-30(24(23)21-13-7-10-18-9-4-5-12-20(18)21)25(31)22(34-27)15-17-8-6-11-19(28)14-17/h4-15,24H,3H2,1-2H3/b22-15-/t24-/m0/s1. The van der Waals surface area contributed by atoms with Crippen LogP contribution in [0.4, 0.5) is 0 Å². The van der Waals surface area contributed by atoms with Gasteiger partial charge in [0.25, 0.3) is 5.56 Å². The second-order valence-corrected chi connectivity index (χ2v) is 9.37. The summed E-state index contributed by atoms with van der Waals surface area (Å²) in [5.41, 5.74) is 2.38. The summed E-state index contributed by atoms with van der Waals surface area (Å²) >= 11 is 7.43. The lowest BCUT2D eigenvalue weighted by Crippen LogP contribution is -2.40. The molecule has 7 heteroatoms. The molecule has 0 bridgehead atoms. The number of hydrogen-bond donors (Lipinski definition) is 0. The highest BCUT2D eigenvalue weighted by Gasteiger charge is 2.34. The van der Waals surface area contributed by atoms with E-state index in [4.69, 9.17) is 16.3 Å². The van der Waals surface area contributed by atoms with Gasteiger partial charge in [-0.2, -0.15) is 0 Å². The fourth-order valence-electron chi connectivity index (χ4n) is 4.32. The van der Waals surface area contributed by atoms with Crippen LogP contribution in [0.2, 0.25) is 5.02 Å².